The fraction of sp³-hybridized carbons (Fsp3) is 0.364. The Morgan fingerprint density at radius 3 is 2.62 bits per heavy atom. The first kappa shape index (κ1) is 12.2. The Labute approximate surface area is 94.5 Å². The summed E-state index contributed by atoms with van der Waals surface area (Å²) in [6.45, 7) is 3.78. The van der Waals surface area contributed by atoms with Crippen molar-refractivity contribution in [1.29, 1.82) is 0 Å². The molecule has 0 unspecified atom stereocenters. The molecule has 0 radical (unpaired) electrons. The molecule has 0 amide bonds. The van der Waals surface area contributed by atoms with Gasteiger partial charge in [-0.2, -0.15) is 0 Å². The summed E-state index contributed by atoms with van der Waals surface area (Å²) in [6, 6.07) is 5.21. The van der Waals surface area contributed by atoms with Crippen LogP contribution in [0.3, 0.4) is 0 Å². The third-order valence-electron chi connectivity index (χ3n) is 1.94. The van der Waals surface area contributed by atoms with Crippen LogP contribution in [0.15, 0.2) is 23.4 Å². The quantitative estimate of drug-likeness (QED) is 0.352. The van der Waals surface area contributed by atoms with Gasteiger partial charge in [0.2, 0.25) is 0 Å². The Kier molecular flexibility index (Phi) is 3.99. The minimum absolute atomic E-state index is 0.00505. The molecule has 88 valence electrons. The molecule has 0 aliphatic carbocycles. The number of nitrogens with two attached hydrogens (primary N) is 1. The molecule has 5 heteroatoms. The molecule has 0 saturated heterocycles. The van der Waals surface area contributed by atoms with E-state index in [-0.39, 0.29) is 11.9 Å². The van der Waals surface area contributed by atoms with Crippen LogP contribution in [-0.2, 0) is 0 Å². The van der Waals surface area contributed by atoms with Gasteiger partial charge in [0.25, 0.3) is 0 Å². The fourth-order valence-corrected chi connectivity index (χ4v) is 1.29. The molecule has 3 N–H and O–H groups in total. The zero-order valence-electron chi connectivity index (χ0n) is 9.60. The van der Waals surface area contributed by atoms with Gasteiger partial charge in [0.1, 0.15) is 0 Å². The zero-order chi connectivity index (χ0) is 12.1. The molecule has 0 bridgehead atoms. The van der Waals surface area contributed by atoms with Crippen molar-refractivity contribution in [3.63, 3.8) is 0 Å². The number of hydrogen-bond acceptors (Lipinski definition) is 4. The van der Waals surface area contributed by atoms with Gasteiger partial charge in [-0.1, -0.05) is 11.2 Å². The number of ether oxygens (including phenoxy) is 2. The van der Waals surface area contributed by atoms with Gasteiger partial charge in [-0.05, 0) is 26.0 Å². The van der Waals surface area contributed by atoms with Crippen molar-refractivity contribution in [2.24, 2.45) is 10.9 Å². The number of nitrogens with zero attached hydrogens (tertiary/aromatic N) is 1. The van der Waals surface area contributed by atoms with E-state index in [1.807, 2.05) is 13.8 Å². The topological polar surface area (TPSA) is 77.1 Å². The number of rotatable bonds is 4. The van der Waals surface area contributed by atoms with Crippen LogP contribution >= 0.6 is 0 Å². The molecule has 0 aliphatic heterocycles. The summed E-state index contributed by atoms with van der Waals surface area (Å²) >= 11 is 0. The first-order valence-electron chi connectivity index (χ1n) is 4.91. The Balaban J connectivity index is 3.25. The number of methoxy groups -OCH3 is 1. The van der Waals surface area contributed by atoms with Gasteiger partial charge in [-0.3, -0.25) is 0 Å². The highest BCUT2D eigenvalue weighted by Gasteiger charge is 2.14. The Morgan fingerprint density at radius 1 is 1.44 bits per heavy atom. The van der Waals surface area contributed by atoms with Crippen LogP contribution < -0.4 is 15.2 Å². The SMILES string of the molecule is COc1cccc(/C(N)=N/O)c1OC(C)C. The first-order chi connectivity index (χ1) is 7.60. The van der Waals surface area contributed by atoms with Gasteiger partial charge in [0.05, 0.1) is 18.8 Å². The van der Waals surface area contributed by atoms with Gasteiger partial charge in [-0.15, -0.1) is 0 Å². The molecule has 0 aliphatic rings. The van der Waals surface area contributed by atoms with E-state index in [1.54, 1.807) is 25.3 Å². The van der Waals surface area contributed by atoms with Gasteiger partial charge in [-0.25, -0.2) is 0 Å². The molecular weight excluding hydrogens is 208 g/mol. The van der Waals surface area contributed by atoms with Crippen molar-refractivity contribution >= 4 is 5.84 Å². The van der Waals surface area contributed by atoms with E-state index < -0.39 is 0 Å². The average Bonchev–Trinajstić information content (AvgIpc) is 2.27. The molecule has 0 spiro atoms. The van der Waals surface area contributed by atoms with Crippen LogP contribution in [0.5, 0.6) is 11.5 Å². The van der Waals surface area contributed by atoms with Crippen molar-refractivity contribution in [3.05, 3.63) is 23.8 Å². The highest BCUT2D eigenvalue weighted by Crippen LogP contribution is 2.31. The maximum absolute atomic E-state index is 8.68. The normalized spacial score (nSPS) is 11.6. The summed E-state index contributed by atoms with van der Waals surface area (Å²) in [5, 5.41) is 11.6. The predicted octanol–water partition coefficient (Wildman–Crippen LogP) is 1.58. The fourth-order valence-electron chi connectivity index (χ4n) is 1.29. The standard InChI is InChI=1S/C11H16N2O3/c1-7(2)16-10-8(11(12)13-14)5-4-6-9(10)15-3/h4-7,14H,1-3H3,(H2,12,13). The molecule has 16 heavy (non-hydrogen) atoms. The summed E-state index contributed by atoms with van der Waals surface area (Å²) in [7, 11) is 1.54. The molecule has 1 aromatic carbocycles. The maximum atomic E-state index is 8.68. The third-order valence-corrected chi connectivity index (χ3v) is 1.94. The minimum Gasteiger partial charge on any atom is -0.493 e. The van der Waals surface area contributed by atoms with E-state index in [0.29, 0.717) is 17.1 Å². The molecule has 0 heterocycles. The van der Waals surface area contributed by atoms with E-state index >= 15 is 0 Å². The maximum Gasteiger partial charge on any atom is 0.173 e. The van der Waals surface area contributed by atoms with Gasteiger partial charge in [0.15, 0.2) is 17.3 Å². The zero-order valence-corrected chi connectivity index (χ0v) is 9.60. The highest BCUT2D eigenvalue weighted by molar-refractivity contribution is 6.00. The van der Waals surface area contributed by atoms with Gasteiger partial charge >= 0.3 is 0 Å². The first-order valence-corrected chi connectivity index (χ1v) is 4.91. The van der Waals surface area contributed by atoms with Crippen molar-refractivity contribution in [2.45, 2.75) is 20.0 Å². The van der Waals surface area contributed by atoms with E-state index in [2.05, 4.69) is 5.16 Å². The van der Waals surface area contributed by atoms with E-state index in [0.717, 1.165) is 0 Å². The van der Waals surface area contributed by atoms with Gasteiger partial charge in [0, 0.05) is 0 Å². The molecule has 0 atom stereocenters. The Bertz CT molecular complexity index is 389. The molecule has 1 rings (SSSR count). The molecule has 1 aromatic rings. The van der Waals surface area contributed by atoms with Crippen molar-refractivity contribution in [3.8, 4) is 11.5 Å². The lowest BCUT2D eigenvalue weighted by Gasteiger charge is -2.16. The summed E-state index contributed by atoms with van der Waals surface area (Å²) in [5.41, 5.74) is 6.07. The summed E-state index contributed by atoms with van der Waals surface area (Å²) in [4.78, 5) is 0. The largest absolute Gasteiger partial charge is 0.493 e. The molecule has 5 nitrogen and oxygen atoms in total. The van der Waals surface area contributed by atoms with Crippen LogP contribution in [-0.4, -0.2) is 24.3 Å². The van der Waals surface area contributed by atoms with Crippen molar-refractivity contribution in [1.82, 2.24) is 0 Å². The summed E-state index contributed by atoms with van der Waals surface area (Å²) in [5.74, 6) is 1.03. The number of benzene rings is 1. The predicted molar refractivity (Wildman–Crippen MR) is 61.3 cm³/mol. The van der Waals surface area contributed by atoms with Crippen molar-refractivity contribution < 1.29 is 14.7 Å². The van der Waals surface area contributed by atoms with Gasteiger partial charge < -0.3 is 20.4 Å². The van der Waals surface area contributed by atoms with Crippen LogP contribution in [0.4, 0.5) is 0 Å². The number of oxime groups is 1. The van der Waals surface area contributed by atoms with Crippen LogP contribution in [0.2, 0.25) is 0 Å². The molecular formula is C11H16N2O3. The number of amidine groups is 1. The number of hydrogen-bond donors (Lipinski definition) is 2. The molecule has 0 saturated carbocycles. The summed E-state index contributed by atoms with van der Waals surface area (Å²) < 4.78 is 10.8. The van der Waals surface area contributed by atoms with Crippen LogP contribution in [0, 0.1) is 0 Å². The lowest BCUT2D eigenvalue weighted by Crippen LogP contribution is -2.17. The monoisotopic (exact) mass is 224 g/mol. The lowest BCUT2D eigenvalue weighted by molar-refractivity contribution is 0.229. The van der Waals surface area contributed by atoms with E-state index in [1.165, 1.54) is 0 Å². The third kappa shape index (κ3) is 2.56. The molecule has 0 aromatic heterocycles. The smallest absolute Gasteiger partial charge is 0.173 e. The van der Waals surface area contributed by atoms with E-state index in [4.69, 9.17) is 20.4 Å². The van der Waals surface area contributed by atoms with Crippen LogP contribution in [0.1, 0.15) is 19.4 Å². The second-order valence-electron chi connectivity index (χ2n) is 3.49. The minimum atomic E-state index is -0.0263. The highest BCUT2D eigenvalue weighted by atomic mass is 16.5. The Morgan fingerprint density at radius 2 is 2.12 bits per heavy atom. The average molecular weight is 224 g/mol. The second-order valence-corrected chi connectivity index (χ2v) is 3.49. The lowest BCUT2D eigenvalue weighted by atomic mass is 10.1. The second kappa shape index (κ2) is 5.25. The Hall–Kier alpha value is -1.91. The van der Waals surface area contributed by atoms with Crippen LogP contribution in [0.25, 0.3) is 0 Å². The van der Waals surface area contributed by atoms with E-state index in [9.17, 15) is 0 Å². The number of para-hydroxylation sites is 1. The summed E-state index contributed by atoms with van der Waals surface area (Å²) in [6.07, 6.45) is -0.0263. The van der Waals surface area contributed by atoms with Crippen molar-refractivity contribution in [2.75, 3.05) is 7.11 Å². The molecule has 0 fully saturated rings.